The Labute approximate surface area is 129 Å². The van der Waals surface area contributed by atoms with Gasteiger partial charge < -0.3 is 0 Å². The topological polar surface area (TPSA) is 59.1 Å². The first-order chi connectivity index (χ1) is 10.5. The van der Waals surface area contributed by atoms with Crippen molar-refractivity contribution in [3.05, 3.63) is 71.9 Å². The molecule has 1 N–H and O–H groups in total. The van der Waals surface area contributed by atoms with Gasteiger partial charge in [-0.15, -0.1) is 0 Å². The van der Waals surface area contributed by atoms with Crippen LogP contribution in [0.15, 0.2) is 60.8 Å². The molecule has 0 aliphatic carbocycles. The highest BCUT2D eigenvalue weighted by molar-refractivity contribution is 7.91. The minimum Gasteiger partial charge on any atom is -0.282 e. The molecule has 0 unspecified atom stereocenters. The largest absolute Gasteiger partial charge is 0.282 e. The Morgan fingerprint density at radius 3 is 2.68 bits per heavy atom. The molecule has 0 saturated heterocycles. The first kappa shape index (κ1) is 14.5. The molecule has 3 rings (SSSR count). The molecule has 0 aliphatic rings. The van der Waals surface area contributed by atoms with Crippen molar-refractivity contribution in [1.82, 2.24) is 4.98 Å². The molecule has 2 aromatic carbocycles. The summed E-state index contributed by atoms with van der Waals surface area (Å²) in [6.45, 7) is 1.94. The second kappa shape index (κ2) is 5.77. The Morgan fingerprint density at radius 2 is 1.86 bits per heavy atom. The highest BCUT2D eigenvalue weighted by Gasteiger charge is 2.12. The molecule has 1 aromatic heterocycles. The molecule has 4 nitrogen and oxygen atoms in total. The average Bonchev–Trinajstić information content (AvgIpc) is 2.46. The molecular formula is C17H16N2O2S. The number of fused-ring (bicyclic) bond motifs is 1. The number of aromatic nitrogens is 1. The molecule has 0 atom stereocenters. The van der Waals surface area contributed by atoms with Crippen molar-refractivity contribution < 1.29 is 8.42 Å². The lowest BCUT2D eigenvalue weighted by atomic mass is 10.2. The van der Waals surface area contributed by atoms with Gasteiger partial charge >= 0.3 is 0 Å². The number of nitrogens with one attached hydrogen (secondary N) is 1. The molecule has 112 valence electrons. The second-order valence-electron chi connectivity index (χ2n) is 5.27. The van der Waals surface area contributed by atoms with Gasteiger partial charge in [0.25, 0.3) is 0 Å². The van der Waals surface area contributed by atoms with E-state index in [9.17, 15) is 8.42 Å². The summed E-state index contributed by atoms with van der Waals surface area (Å²) in [5, 5.41) is 0.901. The Hall–Kier alpha value is -2.40. The lowest BCUT2D eigenvalue weighted by Crippen LogP contribution is -2.15. The van der Waals surface area contributed by atoms with Gasteiger partial charge in [-0.3, -0.25) is 9.71 Å². The SMILES string of the molecule is Cc1cccc(CS(=O)(=O)Nc2cnc3ccccc3c2)c1. The lowest BCUT2D eigenvalue weighted by molar-refractivity contribution is 0.600. The predicted octanol–water partition coefficient (Wildman–Crippen LogP) is 3.49. The zero-order valence-electron chi connectivity index (χ0n) is 12.2. The number of pyridine rings is 1. The number of nitrogens with zero attached hydrogens (tertiary/aromatic N) is 1. The summed E-state index contributed by atoms with van der Waals surface area (Å²) >= 11 is 0. The number of hydrogen-bond donors (Lipinski definition) is 1. The van der Waals surface area contributed by atoms with Crippen LogP contribution < -0.4 is 4.72 Å². The number of anilines is 1. The zero-order chi connectivity index (χ0) is 15.6. The lowest BCUT2D eigenvalue weighted by Gasteiger charge is -2.09. The van der Waals surface area contributed by atoms with Crippen molar-refractivity contribution in [2.75, 3.05) is 4.72 Å². The maximum absolute atomic E-state index is 12.3. The van der Waals surface area contributed by atoms with Crippen LogP contribution in [0.2, 0.25) is 0 Å². The molecule has 0 radical (unpaired) electrons. The quantitative estimate of drug-likeness (QED) is 0.802. The number of benzene rings is 2. The van der Waals surface area contributed by atoms with Crippen LogP contribution >= 0.6 is 0 Å². The molecule has 0 aliphatic heterocycles. The fourth-order valence-corrected chi connectivity index (χ4v) is 3.53. The van der Waals surface area contributed by atoms with E-state index in [1.54, 1.807) is 6.07 Å². The number of hydrogen-bond acceptors (Lipinski definition) is 3. The molecule has 0 bridgehead atoms. The fraction of sp³-hybridized carbons (Fsp3) is 0.118. The van der Waals surface area contributed by atoms with E-state index in [0.717, 1.165) is 22.0 Å². The normalized spacial score (nSPS) is 11.5. The van der Waals surface area contributed by atoms with Gasteiger partial charge in [-0.05, 0) is 24.6 Å². The Morgan fingerprint density at radius 1 is 1.05 bits per heavy atom. The maximum Gasteiger partial charge on any atom is 0.236 e. The first-order valence-electron chi connectivity index (χ1n) is 6.93. The van der Waals surface area contributed by atoms with E-state index in [2.05, 4.69) is 9.71 Å². The minimum absolute atomic E-state index is 0.0541. The molecule has 22 heavy (non-hydrogen) atoms. The van der Waals surface area contributed by atoms with E-state index in [1.165, 1.54) is 6.20 Å². The van der Waals surface area contributed by atoms with E-state index in [4.69, 9.17) is 0 Å². The molecule has 0 fully saturated rings. The monoisotopic (exact) mass is 312 g/mol. The van der Waals surface area contributed by atoms with Gasteiger partial charge in [0.1, 0.15) is 0 Å². The summed E-state index contributed by atoms with van der Waals surface area (Å²) in [6.07, 6.45) is 1.54. The van der Waals surface area contributed by atoms with Crippen LogP contribution in [-0.4, -0.2) is 13.4 Å². The van der Waals surface area contributed by atoms with E-state index in [0.29, 0.717) is 5.69 Å². The van der Waals surface area contributed by atoms with Crippen LogP contribution in [0.1, 0.15) is 11.1 Å². The molecule has 1 heterocycles. The van der Waals surface area contributed by atoms with E-state index in [1.807, 2.05) is 55.5 Å². The van der Waals surface area contributed by atoms with Gasteiger partial charge in [-0.25, -0.2) is 8.42 Å². The standard InChI is InChI=1S/C17H16N2O2S/c1-13-5-4-6-14(9-13)12-22(20,21)19-16-10-15-7-2-3-8-17(15)18-11-16/h2-11,19H,12H2,1H3. The van der Waals surface area contributed by atoms with Crippen molar-refractivity contribution in [3.63, 3.8) is 0 Å². The van der Waals surface area contributed by atoms with Crippen molar-refractivity contribution in [2.24, 2.45) is 0 Å². The third-order valence-corrected chi connectivity index (χ3v) is 4.56. The zero-order valence-corrected chi connectivity index (χ0v) is 13.0. The van der Waals surface area contributed by atoms with Gasteiger partial charge in [0.2, 0.25) is 10.0 Å². The second-order valence-corrected chi connectivity index (χ2v) is 6.99. The van der Waals surface area contributed by atoms with E-state index in [-0.39, 0.29) is 5.75 Å². The summed E-state index contributed by atoms with van der Waals surface area (Å²) in [5.74, 6) is -0.0541. The van der Waals surface area contributed by atoms with Crippen LogP contribution in [0.4, 0.5) is 5.69 Å². The van der Waals surface area contributed by atoms with Gasteiger partial charge in [0, 0.05) is 5.39 Å². The number of rotatable bonds is 4. The highest BCUT2D eigenvalue weighted by Crippen LogP contribution is 2.18. The average molecular weight is 312 g/mol. The molecule has 0 saturated carbocycles. The Kier molecular flexibility index (Phi) is 3.81. The summed E-state index contributed by atoms with van der Waals surface area (Å²) < 4.78 is 27.1. The van der Waals surface area contributed by atoms with Crippen LogP contribution in [-0.2, 0) is 15.8 Å². The number of para-hydroxylation sites is 1. The van der Waals surface area contributed by atoms with E-state index >= 15 is 0 Å². The molecule has 5 heteroatoms. The maximum atomic E-state index is 12.3. The van der Waals surface area contributed by atoms with Gasteiger partial charge in [-0.2, -0.15) is 0 Å². The summed E-state index contributed by atoms with van der Waals surface area (Å²) in [5.41, 5.74) is 3.12. The van der Waals surface area contributed by atoms with Gasteiger partial charge in [0.05, 0.1) is 23.2 Å². The van der Waals surface area contributed by atoms with E-state index < -0.39 is 10.0 Å². The molecular weight excluding hydrogens is 296 g/mol. The minimum atomic E-state index is -3.46. The van der Waals surface area contributed by atoms with Crippen molar-refractivity contribution >= 4 is 26.6 Å². The highest BCUT2D eigenvalue weighted by atomic mass is 32.2. The third kappa shape index (κ3) is 3.43. The fourth-order valence-electron chi connectivity index (χ4n) is 2.36. The smallest absolute Gasteiger partial charge is 0.236 e. The van der Waals surface area contributed by atoms with Gasteiger partial charge in [-0.1, -0.05) is 48.0 Å². The summed E-state index contributed by atoms with van der Waals surface area (Å²) in [7, 11) is -3.46. The molecule has 3 aromatic rings. The molecule has 0 spiro atoms. The van der Waals surface area contributed by atoms with Crippen molar-refractivity contribution in [1.29, 1.82) is 0 Å². The number of sulfonamides is 1. The predicted molar refractivity (Wildman–Crippen MR) is 89.2 cm³/mol. The summed E-state index contributed by atoms with van der Waals surface area (Å²) in [4.78, 5) is 4.26. The Balaban J connectivity index is 1.83. The number of aryl methyl sites for hydroxylation is 1. The van der Waals surface area contributed by atoms with Crippen LogP contribution in [0.3, 0.4) is 0 Å². The van der Waals surface area contributed by atoms with Crippen LogP contribution in [0, 0.1) is 6.92 Å². The molecule has 0 amide bonds. The third-order valence-electron chi connectivity index (χ3n) is 3.30. The Bertz CT molecular complexity index is 921. The van der Waals surface area contributed by atoms with Crippen molar-refractivity contribution in [3.8, 4) is 0 Å². The first-order valence-corrected chi connectivity index (χ1v) is 8.58. The van der Waals surface area contributed by atoms with Gasteiger partial charge in [0.15, 0.2) is 0 Å². The van der Waals surface area contributed by atoms with Crippen LogP contribution in [0.5, 0.6) is 0 Å². The summed E-state index contributed by atoms with van der Waals surface area (Å²) in [6, 6.07) is 16.9. The van der Waals surface area contributed by atoms with Crippen molar-refractivity contribution in [2.45, 2.75) is 12.7 Å². The van der Waals surface area contributed by atoms with Crippen LogP contribution in [0.25, 0.3) is 10.9 Å².